The van der Waals surface area contributed by atoms with E-state index in [1.807, 2.05) is 43.3 Å². The van der Waals surface area contributed by atoms with E-state index in [1.165, 1.54) is 0 Å². The Hall–Kier alpha value is -2.16. The summed E-state index contributed by atoms with van der Waals surface area (Å²) in [5.41, 5.74) is 7.55. The predicted octanol–water partition coefficient (Wildman–Crippen LogP) is 3.38. The number of ether oxygens (including phenoxy) is 2. The van der Waals surface area contributed by atoms with Crippen molar-refractivity contribution in [2.24, 2.45) is 0 Å². The van der Waals surface area contributed by atoms with Gasteiger partial charge in [0.05, 0.1) is 12.8 Å². The van der Waals surface area contributed by atoms with Gasteiger partial charge in [0, 0.05) is 6.07 Å². The molecule has 0 aliphatic rings. The van der Waals surface area contributed by atoms with Crippen molar-refractivity contribution in [2.45, 2.75) is 6.92 Å². The number of benzene rings is 2. The van der Waals surface area contributed by atoms with Crippen molar-refractivity contribution in [3.8, 4) is 17.2 Å². The molecule has 0 unspecified atom stereocenters. The number of anilines is 1. The molecule has 0 aliphatic heterocycles. The topological polar surface area (TPSA) is 44.5 Å². The number of methoxy groups -OCH3 is 1. The molecule has 0 atom stereocenters. The lowest BCUT2D eigenvalue weighted by Gasteiger charge is -2.12. The van der Waals surface area contributed by atoms with Crippen LogP contribution in [-0.4, -0.2) is 7.11 Å². The van der Waals surface area contributed by atoms with Gasteiger partial charge in [-0.1, -0.05) is 18.2 Å². The van der Waals surface area contributed by atoms with Gasteiger partial charge < -0.3 is 15.2 Å². The van der Waals surface area contributed by atoms with E-state index in [-0.39, 0.29) is 0 Å². The fraction of sp³-hybridized carbons (Fsp3) is 0.143. The fourth-order valence-electron chi connectivity index (χ4n) is 1.55. The molecule has 2 rings (SSSR count). The lowest BCUT2D eigenvalue weighted by Crippen LogP contribution is -1.96. The van der Waals surface area contributed by atoms with Crippen LogP contribution in [0.2, 0.25) is 0 Å². The summed E-state index contributed by atoms with van der Waals surface area (Å²) in [6.07, 6.45) is 0. The summed E-state index contributed by atoms with van der Waals surface area (Å²) in [5.74, 6) is 2.11. The SMILES string of the molecule is COc1cc(C)c(N)c(Oc2ccccc2)c1. The van der Waals surface area contributed by atoms with Gasteiger partial charge >= 0.3 is 0 Å². The zero-order valence-electron chi connectivity index (χ0n) is 9.94. The van der Waals surface area contributed by atoms with E-state index in [0.29, 0.717) is 11.4 Å². The lowest BCUT2D eigenvalue weighted by molar-refractivity contribution is 0.409. The van der Waals surface area contributed by atoms with E-state index in [2.05, 4.69) is 0 Å². The molecule has 2 aromatic carbocycles. The smallest absolute Gasteiger partial charge is 0.154 e. The van der Waals surface area contributed by atoms with Crippen LogP contribution in [0.1, 0.15) is 5.56 Å². The van der Waals surface area contributed by atoms with Gasteiger partial charge in [-0.3, -0.25) is 0 Å². The van der Waals surface area contributed by atoms with E-state index in [9.17, 15) is 0 Å². The van der Waals surface area contributed by atoms with Crippen LogP contribution in [0.3, 0.4) is 0 Å². The van der Waals surface area contributed by atoms with Gasteiger partial charge in [-0.25, -0.2) is 0 Å². The highest BCUT2D eigenvalue weighted by Gasteiger charge is 2.07. The number of hydrogen-bond acceptors (Lipinski definition) is 3. The van der Waals surface area contributed by atoms with Crippen molar-refractivity contribution < 1.29 is 9.47 Å². The van der Waals surface area contributed by atoms with Crippen LogP contribution in [0.4, 0.5) is 5.69 Å². The third kappa shape index (κ3) is 2.50. The van der Waals surface area contributed by atoms with Crippen LogP contribution in [0.5, 0.6) is 17.2 Å². The Morgan fingerprint density at radius 3 is 2.35 bits per heavy atom. The molecule has 88 valence electrons. The Morgan fingerprint density at radius 1 is 1.00 bits per heavy atom. The van der Waals surface area contributed by atoms with Crippen molar-refractivity contribution in [2.75, 3.05) is 12.8 Å². The van der Waals surface area contributed by atoms with Gasteiger partial charge in [0.2, 0.25) is 0 Å². The highest BCUT2D eigenvalue weighted by molar-refractivity contribution is 5.62. The molecule has 0 amide bonds. The molecule has 0 aliphatic carbocycles. The molecule has 2 N–H and O–H groups in total. The van der Waals surface area contributed by atoms with Gasteiger partial charge in [0.1, 0.15) is 11.5 Å². The normalized spacial score (nSPS) is 10.0. The van der Waals surface area contributed by atoms with Crippen molar-refractivity contribution in [1.29, 1.82) is 0 Å². The molecule has 3 heteroatoms. The summed E-state index contributed by atoms with van der Waals surface area (Å²) < 4.78 is 10.9. The van der Waals surface area contributed by atoms with Crippen molar-refractivity contribution in [3.63, 3.8) is 0 Å². The van der Waals surface area contributed by atoms with Crippen LogP contribution in [-0.2, 0) is 0 Å². The Labute approximate surface area is 101 Å². The Morgan fingerprint density at radius 2 is 1.71 bits per heavy atom. The average molecular weight is 229 g/mol. The van der Waals surface area contributed by atoms with Crippen LogP contribution < -0.4 is 15.2 Å². The molecule has 0 heterocycles. The zero-order valence-corrected chi connectivity index (χ0v) is 9.94. The second kappa shape index (κ2) is 4.78. The highest BCUT2D eigenvalue weighted by Crippen LogP contribution is 2.33. The lowest BCUT2D eigenvalue weighted by atomic mass is 10.2. The zero-order chi connectivity index (χ0) is 12.3. The number of nitrogen functional groups attached to an aromatic ring is 1. The number of hydrogen-bond donors (Lipinski definition) is 1. The van der Waals surface area contributed by atoms with E-state index in [4.69, 9.17) is 15.2 Å². The quantitative estimate of drug-likeness (QED) is 0.820. The first-order chi connectivity index (χ1) is 8.20. The second-order valence-electron chi connectivity index (χ2n) is 3.77. The van der Waals surface area contributed by atoms with Crippen LogP contribution in [0, 0.1) is 6.92 Å². The third-order valence-electron chi connectivity index (χ3n) is 2.53. The summed E-state index contributed by atoms with van der Waals surface area (Å²) in [4.78, 5) is 0. The summed E-state index contributed by atoms with van der Waals surface area (Å²) in [7, 11) is 1.62. The van der Waals surface area contributed by atoms with E-state index in [1.54, 1.807) is 13.2 Å². The number of aryl methyl sites for hydroxylation is 1. The maximum absolute atomic E-state index is 5.97. The van der Waals surface area contributed by atoms with Gasteiger partial charge in [0.15, 0.2) is 5.75 Å². The Kier molecular flexibility index (Phi) is 3.19. The molecule has 2 aromatic rings. The van der Waals surface area contributed by atoms with Gasteiger partial charge in [-0.2, -0.15) is 0 Å². The molecule has 0 saturated carbocycles. The largest absolute Gasteiger partial charge is 0.497 e. The molecular formula is C14H15NO2. The first kappa shape index (κ1) is 11.3. The second-order valence-corrected chi connectivity index (χ2v) is 3.77. The van der Waals surface area contributed by atoms with Crippen LogP contribution in [0.15, 0.2) is 42.5 Å². The number of nitrogens with two attached hydrogens (primary N) is 1. The maximum atomic E-state index is 5.97. The third-order valence-corrected chi connectivity index (χ3v) is 2.53. The molecule has 0 bridgehead atoms. The molecule has 3 nitrogen and oxygen atoms in total. The number of para-hydroxylation sites is 1. The molecule has 0 aromatic heterocycles. The molecule has 17 heavy (non-hydrogen) atoms. The van der Waals surface area contributed by atoms with Crippen molar-refractivity contribution in [1.82, 2.24) is 0 Å². The summed E-state index contributed by atoms with van der Waals surface area (Å²) in [6.45, 7) is 1.93. The number of rotatable bonds is 3. The van der Waals surface area contributed by atoms with E-state index >= 15 is 0 Å². The first-order valence-electron chi connectivity index (χ1n) is 5.37. The minimum absolute atomic E-state index is 0.619. The predicted molar refractivity (Wildman–Crippen MR) is 68.7 cm³/mol. The summed E-state index contributed by atoms with van der Waals surface area (Å²) in [5, 5.41) is 0. The molecule has 0 saturated heterocycles. The van der Waals surface area contributed by atoms with Crippen LogP contribution >= 0.6 is 0 Å². The first-order valence-corrected chi connectivity index (χ1v) is 5.37. The highest BCUT2D eigenvalue weighted by atomic mass is 16.5. The summed E-state index contributed by atoms with van der Waals surface area (Å²) in [6, 6.07) is 13.2. The van der Waals surface area contributed by atoms with E-state index in [0.717, 1.165) is 17.1 Å². The fourth-order valence-corrected chi connectivity index (χ4v) is 1.55. The minimum atomic E-state index is 0.619. The van der Waals surface area contributed by atoms with Gasteiger partial charge in [-0.15, -0.1) is 0 Å². The minimum Gasteiger partial charge on any atom is -0.497 e. The van der Waals surface area contributed by atoms with Crippen molar-refractivity contribution in [3.05, 3.63) is 48.0 Å². The Balaban J connectivity index is 2.35. The monoisotopic (exact) mass is 229 g/mol. The van der Waals surface area contributed by atoms with Gasteiger partial charge in [-0.05, 0) is 30.7 Å². The standard InChI is InChI=1S/C14H15NO2/c1-10-8-12(16-2)9-13(14(10)15)17-11-6-4-3-5-7-11/h3-9H,15H2,1-2H3. The molecule has 0 spiro atoms. The summed E-state index contributed by atoms with van der Waals surface area (Å²) >= 11 is 0. The van der Waals surface area contributed by atoms with Crippen molar-refractivity contribution >= 4 is 5.69 Å². The molecule has 0 radical (unpaired) electrons. The van der Waals surface area contributed by atoms with Gasteiger partial charge in [0.25, 0.3) is 0 Å². The molecular weight excluding hydrogens is 214 g/mol. The molecule has 0 fully saturated rings. The van der Waals surface area contributed by atoms with E-state index < -0.39 is 0 Å². The maximum Gasteiger partial charge on any atom is 0.154 e. The average Bonchev–Trinajstić information content (AvgIpc) is 2.36. The Bertz CT molecular complexity index is 509. The van der Waals surface area contributed by atoms with Crippen LogP contribution in [0.25, 0.3) is 0 Å².